The lowest BCUT2D eigenvalue weighted by Gasteiger charge is -2.23. The monoisotopic (exact) mass is 360 g/mol. The molecule has 0 radical (unpaired) electrons. The molecule has 1 atom stereocenters. The molecule has 3 rings (SSSR count). The molecule has 0 spiro atoms. The molecule has 0 aliphatic heterocycles. The van der Waals surface area contributed by atoms with Gasteiger partial charge in [-0.3, -0.25) is 0 Å². The molecule has 0 amide bonds. The van der Waals surface area contributed by atoms with Crippen molar-refractivity contribution in [2.45, 2.75) is 32.7 Å². The van der Waals surface area contributed by atoms with E-state index >= 15 is 0 Å². The fraction of sp³-hybridized carbons (Fsp3) is 0.368. The van der Waals surface area contributed by atoms with Crippen molar-refractivity contribution in [3.8, 4) is 17.0 Å². The fourth-order valence-electron chi connectivity index (χ4n) is 3.06. The van der Waals surface area contributed by atoms with E-state index < -0.39 is 11.6 Å². The molecular formula is C19H22F2N4O. The summed E-state index contributed by atoms with van der Waals surface area (Å²) in [5.41, 5.74) is 6.71. The SMILES string of the molecule is C[C@H](COc1cc(F)c(-c2ccnc3ccnn23)cc1F)CC(C)(C)N. The first kappa shape index (κ1) is 18.3. The predicted molar refractivity (Wildman–Crippen MR) is 95.9 cm³/mol. The first-order valence-corrected chi connectivity index (χ1v) is 8.44. The maximum atomic E-state index is 14.6. The molecule has 0 fully saturated rings. The summed E-state index contributed by atoms with van der Waals surface area (Å²) in [4.78, 5) is 4.12. The average Bonchev–Trinajstić information content (AvgIpc) is 3.02. The molecule has 0 bridgehead atoms. The second-order valence-corrected chi connectivity index (χ2v) is 7.30. The molecule has 0 saturated heterocycles. The minimum atomic E-state index is -0.627. The summed E-state index contributed by atoms with van der Waals surface area (Å²) in [6.07, 6.45) is 3.80. The number of aromatic nitrogens is 3. The molecule has 0 saturated carbocycles. The number of ether oxygens (including phenoxy) is 1. The topological polar surface area (TPSA) is 65.4 Å². The smallest absolute Gasteiger partial charge is 0.165 e. The van der Waals surface area contributed by atoms with E-state index in [2.05, 4.69) is 10.1 Å². The van der Waals surface area contributed by atoms with Crippen molar-refractivity contribution in [3.63, 3.8) is 0 Å². The quantitative estimate of drug-likeness (QED) is 0.726. The molecule has 3 aromatic rings. The van der Waals surface area contributed by atoms with E-state index in [1.54, 1.807) is 18.3 Å². The minimum absolute atomic E-state index is 0.0992. The van der Waals surface area contributed by atoms with Crippen molar-refractivity contribution in [3.05, 3.63) is 48.3 Å². The van der Waals surface area contributed by atoms with Gasteiger partial charge in [-0.15, -0.1) is 0 Å². The summed E-state index contributed by atoms with van der Waals surface area (Å²) in [5.74, 6) is -1.21. The van der Waals surface area contributed by atoms with Crippen molar-refractivity contribution in [2.24, 2.45) is 11.7 Å². The van der Waals surface area contributed by atoms with E-state index in [0.29, 0.717) is 17.8 Å². The van der Waals surface area contributed by atoms with Crippen LogP contribution in [-0.2, 0) is 0 Å². The van der Waals surface area contributed by atoms with Crippen LogP contribution in [0.3, 0.4) is 0 Å². The Morgan fingerprint density at radius 3 is 2.69 bits per heavy atom. The first-order chi connectivity index (χ1) is 12.2. The van der Waals surface area contributed by atoms with Gasteiger partial charge in [-0.05, 0) is 38.3 Å². The fourth-order valence-corrected chi connectivity index (χ4v) is 3.06. The van der Waals surface area contributed by atoms with Gasteiger partial charge in [0.1, 0.15) is 5.82 Å². The molecule has 1 aromatic carbocycles. The Kier molecular flexibility index (Phi) is 4.91. The molecule has 26 heavy (non-hydrogen) atoms. The van der Waals surface area contributed by atoms with Crippen LogP contribution in [0.15, 0.2) is 36.7 Å². The standard InChI is InChI=1S/C19H22F2N4O/c1-12(10-19(2,3)22)11-26-17-9-14(20)13(8-15(17)21)16-4-6-23-18-5-7-24-25(16)18/h4-9,12H,10-11,22H2,1-3H3/t12-/m0/s1. The Morgan fingerprint density at radius 1 is 1.19 bits per heavy atom. The third kappa shape index (κ3) is 3.99. The van der Waals surface area contributed by atoms with Crippen molar-refractivity contribution >= 4 is 5.65 Å². The number of hydrogen-bond donors (Lipinski definition) is 1. The third-order valence-corrected chi connectivity index (χ3v) is 3.99. The number of nitrogens with zero attached hydrogens (tertiary/aromatic N) is 3. The van der Waals surface area contributed by atoms with Gasteiger partial charge in [0.05, 0.1) is 18.5 Å². The van der Waals surface area contributed by atoms with Crippen LogP contribution < -0.4 is 10.5 Å². The zero-order valence-electron chi connectivity index (χ0n) is 15.0. The van der Waals surface area contributed by atoms with E-state index in [-0.39, 0.29) is 29.4 Å². The molecule has 5 nitrogen and oxygen atoms in total. The van der Waals surface area contributed by atoms with E-state index in [0.717, 1.165) is 12.1 Å². The normalized spacial score (nSPS) is 13.2. The molecule has 138 valence electrons. The van der Waals surface area contributed by atoms with Gasteiger partial charge in [-0.2, -0.15) is 5.10 Å². The zero-order chi connectivity index (χ0) is 18.9. The summed E-state index contributed by atoms with van der Waals surface area (Å²) < 4.78 is 36.0. The highest BCUT2D eigenvalue weighted by molar-refractivity contribution is 5.64. The van der Waals surface area contributed by atoms with Gasteiger partial charge in [0.15, 0.2) is 17.2 Å². The Bertz CT molecular complexity index is 918. The molecule has 0 aliphatic carbocycles. The number of benzene rings is 1. The number of rotatable bonds is 6. The van der Waals surface area contributed by atoms with E-state index in [1.807, 2.05) is 20.8 Å². The summed E-state index contributed by atoms with van der Waals surface area (Å²) in [6.45, 7) is 6.06. The maximum Gasteiger partial charge on any atom is 0.165 e. The Hall–Kier alpha value is -2.54. The van der Waals surface area contributed by atoms with Crippen LogP contribution >= 0.6 is 0 Å². The van der Waals surface area contributed by atoms with Crippen LogP contribution in [-0.4, -0.2) is 26.7 Å². The van der Waals surface area contributed by atoms with Gasteiger partial charge in [0.2, 0.25) is 0 Å². The van der Waals surface area contributed by atoms with Crippen LogP contribution in [0.2, 0.25) is 0 Å². The highest BCUT2D eigenvalue weighted by Crippen LogP contribution is 2.29. The average molecular weight is 360 g/mol. The molecule has 0 unspecified atom stereocenters. The Balaban J connectivity index is 1.84. The van der Waals surface area contributed by atoms with Gasteiger partial charge in [-0.25, -0.2) is 18.3 Å². The third-order valence-electron chi connectivity index (χ3n) is 3.99. The molecular weight excluding hydrogens is 338 g/mol. The van der Waals surface area contributed by atoms with Crippen LogP contribution in [0.25, 0.3) is 16.9 Å². The lowest BCUT2D eigenvalue weighted by atomic mass is 9.93. The molecule has 7 heteroatoms. The second-order valence-electron chi connectivity index (χ2n) is 7.30. The first-order valence-electron chi connectivity index (χ1n) is 8.44. The van der Waals surface area contributed by atoms with E-state index in [9.17, 15) is 8.78 Å². The lowest BCUT2D eigenvalue weighted by Crippen LogP contribution is -2.35. The second kappa shape index (κ2) is 6.99. The Labute approximate surface area is 150 Å². The van der Waals surface area contributed by atoms with Crippen molar-refractivity contribution in [1.29, 1.82) is 0 Å². The van der Waals surface area contributed by atoms with Crippen molar-refractivity contribution in [2.75, 3.05) is 6.61 Å². The summed E-state index contributed by atoms with van der Waals surface area (Å²) in [6, 6.07) is 5.47. The maximum absolute atomic E-state index is 14.6. The minimum Gasteiger partial charge on any atom is -0.490 e. The predicted octanol–water partition coefficient (Wildman–Crippen LogP) is 3.82. The van der Waals surface area contributed by atoms with Crippen molar-refractivity contribution < 1.29 is 13.5 Å². The van der Waals surface area contributed by atoms with Gasteiger partial charge < -0.3 is 10.5 Å². The number of fused-ring (bicyclic) bond motifs is 1. The van der Waals surface area contributed by atoms with Gasteiger partial charge in [-0.1, -0.05) is 6.92 Å². The van der Waals surface area contributed by atoms with E-state index in [1.165, 1.54) is 10.7 Å². The zero-order valence-corrected chi connectivity index (χ0v) is 15.0. The van der Waals surface area contributed by atoms with Gasteiger partial charge >= 0.3 is 0 Å². The molecule has 0 aliphatic rings. The van der Waals surface area contributed by atoms with Gasteiger partial charge in [0, 0.05) is 29.4 Å². The van der Waals surface area contributed by atoms with Crippen molar-refractivity contribution in [1.82, 2.24) is 14.6 Å². The number of nitrogens with two attached hydrogens (primary N) is 1. The van der Waals surface area contributed by atoms with Gasteiger partial charge in [0.25, 0.3) is 0 Å². The summed E-state index contributed by atoms with van der Waals surface area (Å²) >= 11 is 0. The van der Waals surface area contributed by atoms with Crippen LogP contribution in [0.4, 0.5) is 8.78 Å². The van der Waals surface area contributed by atoms with Crippen LogP contribution in [0.1, 0.15) is 27.2 Å². The largest absolute Gasteiger partial charge is 0.490 e. The highest BCUT2D eigenvalue weighted by atomic mass is 19.1. The van der Waals surface area contributed by atoms with Crippen LogP contribution in [0.5, 0.6) is 5.75 Å². The summed E-state index contributed by atoms with van der Waals surface area (Å²) in [7, 11) is 0. The highest BCUT2D eigenvalue weighted by Gasteiger charge is 2.19. The Morgan fingerprint density at radius 2 is 1.96 bits per heavy atom. The molecule has 2 aromatic heterocycles. The molecule has 2 heterocycles. The number of halogens is 2. The summed E-state index contributed by atoms with van der Waals surface area (Å²) in [5, 5.41) is 4.10. The van der Waals surface area contributed by atoms with E-state index in [4.69, 9.17) is 10.5 Å². The molecule has 2 N–H and O–H groups in total. The van der Waals surface area contributed by atoms with Crippen LogP contribution in [0, 0.1) is 17.6 Å². The lowest BCUT2D eigenvalue weighted by molar-refractivity contribution is 0.221. The number of hydrogen-bond acceptors (Lipinski definition) is 4.